The Kier molecular flexibility index (Phi) is 4.18. The van der Waals surface area contributed by atoms with Crippen molar-refractivity contribution in [2.45, 2.75) is 6.42 Å². The van der Waals surface area contributed by atoms with Gasteiger partial charge in [0.1, 0.15) is 0 Å². The van der Waals surface area contributed by atoms with Gasteiger partial charge in [0.05, 0.1) is 22.0 Å². The summed E-state index contributed by atoms with van der Waals surface area (Å²) in [5, 5.41) is 2.76. The van der Waals surface area contributed by atoms with Crippen LogP contribution in [-0.4, -0.2) is 17.5 Å². The second-order valence-corrected chi connectivity index (χ2v) is 7.66. The summed E-state index contributed by atoms with van der Waals surface area (Å²) in [5.74, 6) is -0.738. The van der Waals surface area contributed by atoms with E-state index in [0.29, 0.717) is 26.7 Å². The second-order valence-electron chi connectivity index (χ2n) is 5.86. The summed E-state index contributed by atoms with van der Waals surface area (Å²) < 4.78 is 0.613. The van der Waals surface area contributed by atoms with Crippen molar-refractivity contribution in [1.29, 1.82) is 0 Å². The number of ketones is 2. The van der Waals surface area contributed by atoms with Crippen LogP contribution in [0, 0.1) is 0 Å². The number of halogens is 1. The molecule has 0 bridgehead atoms. The van der Waals surface area contributed by atoms with E-state index in [1.165, 1.54) is 11.3 Å². The molecule has 6 heteroatoms. The molecule has 1 aliphatic rings. The van der Waals surface area contributed by atoms with Crippen LogP contribution in [0.1, 0.15) is 36.7 Å². The first-order chi connectivity index (χ1) is 12.5. The third-order valence-electron chi connectivity index (χ3n) is 4.19. The van der Waals surface area contributed by atoms with Crippen LogP contribution in [0.3, 0.4) is 0 Å². The Labute approximate surface area is 158 Å². The highest BCUT2D eigenvalue weighted by atomic mass is 35.5. The molecular weight excluding hydrogens is 370 g/mol. The largest absolute Gasteiger partial charge is 0.325 e. The molecule has 4 rings (SSSR count). The predicted molar refractivity (Wildman–Crippen MR) is 101 cm³/mol. The summed E-state index contributed by atoms with van der Waals surface area (Å²) >= 11 is 7.22. The van der Waals surface area contributed by atoms with Crippen molar-refractivity contribution in [3.63, 3.8) is 0 Å². The summed E-state index contributed by atoms with van der Waals surface area (Å²) in [6, 6.07) is 15.2. The third-order valence-corrected chi connectivity index (χ3v) is 5.42. The number of anilines is 1. The van der Waals surface area contributed by atoms with E-state index in [1.54, 1.807) is 54.6 Å². The molecule has 0 atom stereocenters. The fourth-order valence-electron chi connectivity index (χ4n) is 3.05. The molecule has 1 amide bonds. The monoisotopic (exact) mass is 381 g/mol. The van der Waals surface area contributed by atoms with Gasteiger partial charge in [0.25, 0.3) is 0 Å². The summed E-state index contributed by atoms with van der Waals surface area (Å²) in [4.78, 5) is 38.8. The molecule has 26 heavy (non-hydrogen) atoms. The van der Waals surface area contributed by atoms with Crippen LogP contribution in [0.15, 0.2) is 54.6 Å². The average Bonchev–Trinajstić information content (AvgIpc) is 3.04. The van der Waals surface area contributed by atoms with Crippen molar-refractivity contribution >= 4 is 46.1 Å². The van der Waals surface area contributed by atoms with E-state index >= 15 is 0 Å². The van der Waals surface area contributed by atoms with Crippen LogP contribution in [0.5, 0.6) is 0 Å². The zero-order valence-electron chi connectivity index (χ0n) is 13.4. The van der Waals surface area contributed by atoms with Gasteiger partial charge in [-0.05, 0) is 18.2 Å². The van der Waals surface area contributed by atoms with Crippen molar-refractivity contribution < 1.29 is 14.4 Å². The van der Waals surface area contributed by atoms with Crippen LogP contribution in [-0.2, 0) is 11.2 Å². The van der Waals surface area contributed by atoms with Crippen LogP contribution in [0.4, 0.5) is 5.69 Å². The molecule has 0 spiro atoms. The molecule has 128 valence electrons. The minimum Gasteiger partial charge on any atom is -0.325 e. The lowest BCUT2D eigenvalue weighted by Crippen LogP contribution is -2.24. The number of amides is 1. The number of carbonyl (C=O) groups is 3. The highest BCUT2D eigenvalue weighted by molar-refractivity contribution is 7.16. The Hall–Kier alpha value is -2.76. The molecule has 0 saturated heterocycles. The number of rotatable bonds is 3. The molecule has 2 aromatic carbocycles. The molecule has 1 aliphatic carbocycles. The van der Waals surface area contributed by atoms with E-state index < -0.39 is 0 Å². The fraction of sp³-hybridized carbons (Fsp3) is 0.0500. The Bertz CT molecular complexity index is 1070. The first kappa shape index (κ1) is 16.7. The number of hydrogen-bond donors (Lipinski definition) is 1. The summed E-state index contributed by atoms with van der Waals surface area (Å²) in [6.45, 7) is 0. The van der Waals surface area contributed by atoms with Crippen LogP contribution < -0.4 is 5.32 Å². The van der Waals surface area contributed by atoms with E-state index in [9.17, 15) is 14.4 Å². The second kappa shape index (κ2) is 6.52. The molecule has 0 radical (unpaired) electrons. The minimum absolute atomic E-state index is 0.153. The number of nitrogens with one attached hydrogen (secondary N) is 1. The number of thiophene rings is 1. The SMILES string of the molecule is O=C(Cc1ccc(Cl)s1)Nc1cccc2c1C(=O)c1ccccc1C2=O. The van der Waals surface area contributed by atoms with E-state index in [0.717, 1.165) is 4.88 Å². The molecule has 3 aromatic rings. The maximum Gasteiger partial charge on any atom is 0.229 e. The number of benzene rings is 2. The van der Waals surface area contributed by atoms with Gasteiger partial charge in [-0.3, -0.25) is 14.4 Å². The molecule has 0 fully saturated rings. The first-order valence-corrected chi connectivity index (χ1v) is 9.09. The quantitative estimate of drug-likeness (QED) is 0.573. The first-order valence-electron chi connectivity index (χ1n) is 7.90. The Balaban J connectivity index is 1.68. The topological polar surface area (TPSA) is 63.2 Å². The van der Waals surface area contributed by atoms with Crippen LogP contribution >= 0.6 is 22.9 Å². The molecule has 0 aliphatic heterocycles. The molecule has 0 unspecified atom stereocenters. The van der Waals surface area contributed by atoms with Crippen molar-refractivity contribution in [1.82, 2.24) is 0 Å². The van der Waals surface area contributed by atoms with E-state index in [2.05, 4.69) is 5.32 Å². The standard InChI is InChI=1S/C20H12ClNO3S/c21-16-9-8-11(26-16)10-17(23)22-15-7-3-6-14-18(15)20(25)13-5-2-1-4-12(13)19(14)24/h1-9H,10H2,(H,22,23). The number of fused-ring (bicyclic) bond motifs is 2. The zero-order valence-corrected chi connectivity index (χ0v) is 15.0. The fourth-order valence-corrected chi connectivity index (χ4v) is 4.13. The van der Waals surface area contributed by atoms with Gasteiger partial charge in [-0.1, -0.05) is 48.0 Å². The highest BCUT2D eigenvalue weighted by Gasteiger charge is 2.31. The van der Waals surface area contributed by atoms with Crippen molar-refractivity contribution in [3.05, 3.63) is 86.1 Å². The molecule has 0 saturated carbocycles. The summed E-state index contributed by atoms with van der Waals surface area (Å²) in [6.07, 6.45) is 0.153. The Morgan fingerprint density at radius 1 is 0.885 bits per heavy atom. The van der Waals surface area contributed by atoms with Gasteiger partial charge in [0, 0.05) is 21.6 Å². The lowest BCUT2D eigenvalue weighted by atomic mass is 9.83. The van der Waals surface area contributed by atoms with Gasteiger partial charge < -0.3 is 5.32 Å². The molecular formula is C20H12ClNO3S. The zero-order chi connectivity index (χ0) is 18.3. The lowest BCUT2D eigenvalue weighted by Gasteiger charge is -2.20. The van der Waals surface area contributed by atoms with Crippen LogP contribution in [0.25, 0.3) is 0 Å². The molecule has 4 nitrogen and oxygen atoms in total. The maximum absolute atomic E-state index is 12.9. The van der Waals surface area contributed by atoms with Crippen molar-refractivity contribution in [2.24, 2.45) is 0 Å². The lowest BCUT2D eigenvalue weighted by molar-refractivity contribution is -0.115. The summed E-state index contributed by atoms with van der Waals surface area (Å²) in [7, 11) is 0. The van der Waals surface area contributed by atoms with E-state index in [-0.39, 0.29) is 29.5 Å². The van der Waals surface area contributed by atoms with Crippen molar-refractivity contribution in [2.75, 3.05) is 5.32 Å². The smallest absolute Gasteiger partial charge is 0.229 e. The van der Waals surface area contributed by atoms with Gasteiger partial charge in [-0.15, -0.1) is 11.3 Å². The Morgan fingerprint density at radius 3 is 2.27 bits per heavy atom. The average molecular weight is 382 g/mol. The molecule has 1 aromatic heterocycles. The van der Waals surface area contributed by atoms with Crippen LogP contribution in [0.2, 0.25) is 4.34 Å². The molecule has 1 N–H and O–H groups in total. The van der Waals surface area contributed by atoms with Gasteiger partial charge in [0.2, 0.25) is 5.91 Å². The van der Waals surface area contributed by atoms with Gasteiger partial charge in [-0.2, -0.15) is 0 Å². The molecule has 1 heterocycles. The number of hydrogen-bond acceptors (Lipinski definition) is 4. The van der Waals surface area contributed by atoms with E-state index in [4.69, 9.17) is 11.6 Å². The number of carbonyl (C=O) groups excluding carboxylic acids is 3. The van der Waals surface area contributed by atoms with Crippen molar-refractivity contribution in [3.8, 4) is 0 Å². The Morgan fingerprint density at radius 2 is 1.58 bits per heavy atom. The van der Waals surface area contributed by atoms with Gasteiger partial charge in [0.15, 0.2) is 11.6 Å². The predicted octanol–water partition coefficient (Wildman–Crippen LogP) is 4.36. The van der Waals surface area contributed by atoms with Gasteiger partial charge in [-0.25, -0.2) is 0 Å². The van der Waals surface area contributed by atoms with Gasteiger partial charge >= 0.3 is 0 Å². The van der Waals surface area contributed by atoms with E-state index in [1.807, 2.05) is 0 Å². The highest BCUT2D eigenvalue weighted by Crippen LogP contribution is 2.32. The normalized spacial score (nSPS) is 12.5. The minimum atomic E-state index is -0.268. The third kappa shape index (κ3) is 2.85. The summed E-state index contributed by atoms with van der Waals surface area (Å²) in [5.41, 5.74) is 1.65. The maximum atomic E-state index is 12.9.